The molecule has 0 aliphatic carbocycles. The maximum absolute atomic E-state index is 12.7. The third-order valence-corrected chi connectivity index (χ3v) is 10.3. The first-order valence-electron chi connectivity index (χ1n) is 24.3. The van der Waals surface area contributed by atoms with Gasteiger partial charge in [-0.05, 0) is 44.9 Å². The minimum Gasteiger partial charge on any atom is -0.462 e. The van der Waals surface area contributed by atoms with E-state index in [1.807, 2.05) is 6.08 Å². The molecule has 1 unspecified atom stereocenters. The van der Waals surface area contributed by atoms with Crippen molar-refractivity contribution in [1.29, 1.82) is 0 Å². The van der Waals surface area contributed by atoms with Crippen molar-refractivity contribution < 1.29 is 28.6 Å². The van der Waals surface area contributed by atoms with E-state index in [2.05, 4.69) is 69.4 Å². The lowest BCUT2D eigenvalue weighted by Crippen LogP contribution is -2.30. The van der Waals surface area contributed by atoms with Gasteiger partial charge in [-0.2, -0.15) is 0 Å². The molecule has 0 bridgehead atoms. The molecule has 334 valence electrons. The van der Waals surface area contributed by atoms with Gasteiger partial charge in [0.05, 0.1) is 6.42 Å². The molecule has 1 atom stereocenters. The van der Waals surface area contributed by atoms with Gasteiger partial charge in [0, 0.05) is 12.8 Å². The molecular weight excluding hydrogens is 721 g/mol. The standard InChI is InChI=1S/C52H90O6/c1-4-7-10-13-16-19-21-23-25-26-28-29-31-33-36-39-42-45-51(54)57-48-49(47-56-50(53)44-41-38-35-18-15-12-9-6-3)58-52(55)46-43-40-37-34-32-30-27-24-22-20-17-14-11-8-5-2/h8,11,17,20,24,27,32,34,40,43,49H,4-7,9-10,12-16,18-19,21-23,25-26,28-31,33,35-39,41-42,44-48H2,1-3H3/b11-8-,20-17-,27-24-,34-32-,43-40-. The lowest BCUT2D eigenvalue weighted by molar-refractivity contribution is -0.166. The number of esters is 3. The van der Waals surface area contributed by atoms with Crippen LogP contribution in [-0.2, 0) is 28.6 Å². The molecule has 0 saturated carbocycles. The van der Waals surface area contributed by atoms with Gasteiger partial charge in [0.1, 0.15) is 13.2 Å². The Morgan fingerprint density at radius 2 is 0.655 bits per heavy atom. The van der Waals surface area contributed by atoms with Gasteiger partial charge in [-0.1, -0.05) is 229 Å². The summed E-state index contributed by atoms with van der Waals surface area (Å²) in [4.78, 5) is 37.7. The van der Waals surface area contributed by atoms with E-state index in [-0.39, 0.29) is 31.6 Å². The second-order valence-electron chi connectivity index (χ2n) is 16.0. The number of ether oxygens (including phenoxy) is 3. The second kappa shape index (κ2) is 46.8. The van der Waals surface area contributed by atoms with E-state index in [9.17, 15) is 14.4 Å². The van der Waals surface area contributed by atoms with Crippen LogP contribution >= 0.6 is 0 Å². The smallest absolute Gasteiger partial charge is 0.310 e. The zero-order valence-electron chi connectivity index (χ0n) is 38.0. The van der Waals surface area contributed by atoms with E-state index in [4.69, 9.17) is 14.2 Å². The number of carbonyl (C=O) groups is 3. The number of unbranched alkanes of at least 4 members (excludes halogenated alkanes) is 23. The fourth-order valence-electron chi connectivity index (χ4n) is 6.69. The van der Waals surface area contributed by atoms with Crippen LogP contribution in [0.3, 0.4) is 0 Å². The van der Waals surface area contributed by atoms with Gasteiger partial charge >= 0.3 is 17.9 Å². The molecule has 0 saturated heterocycles. The van der Waals surface area contributed by atoms with Crippen LogP contribution in [0.25, 0.3) is 0 Å². The largest absolute Gasteiger partial charge is 0.462 e. The quantitative estimate of drug-likeness (QED) is 0.0264. The molecule has 58 heavy (non-hydrogen) atoms. The molecule has 0 aliphatic heterocycles. The summed E-state index contributed by atoms with van der Waals surface area (Å²) < 4.78 is 16.6. The Bertz CT molecular complexity index is 1070. The van der Waals surface area contributed by atoms with Crippen LogP contribution in [0.1, 0.15) is 233 Å². The van der Waals surface area contributed by atoms with E-state index in [1.54, 1.807) is 6.08 Å². The third-order valence-electron chi connectivity index (χ3n) is 10.3. The highest BCUT2D eigenvalue weighted by Gasteiger charge is 2.19. The van der Waals surface area contributed by atoms with Crippen molar-refractivity contribution in [3.63, 3.8) is 0 Å². The Morgan fingerprint density at radius 1 is 0.362 bits per heavy atom. The molecule has 0 N–H and O–H groups in total. The average Bonchev–Trinajstić information content (AvgIpc) is 3.22. The first-order valence-corrected chi connectivity index (χ1v) is 24.3. The SMILES string of the molecule is CC/C=C\C/C=C\C/C=C\C/C=C\C/C=C\CC(=O)OC(COC(=O)CCCCCCCCCC)COC(=O)CCCCCCCCCCCCCCCCCCC. The summed E-state index contributed by atoms with van der Waals surface area (Å²) in [6.07, 6.45) is 56.7. The van der Waals surface area contributed by atoms with Gasteiger partial charge in [0.25, 0.3) is 0 Å². The monoisotopic (exact) mass is 811 g/mol. The van der Waals surface area contributed by atoms with Gasteiger partial charge in [0.15, 0.2) is 6.10 Å². The summed E-state index contributed by atoms with van der Waals surface area (Å²) in [5.74, 6) is -1.04. The molecule has 0 radical (unpaired) electrons. The van der Waals surface area contributed by atoms with Crippen molar-refractivity contribution in [2.45, 2.75) is 239 Å². The summed E-state index contributed by atoms with van der Waals surface area (Å²) in [7, 11) is 0. The molecule has 0 aromatic heterocycles. The van der Waals surface area contributed by atoms with Crippen LogP contribution in [0.2, 0.25) is 0 Å². The Kier molecular flexibility index (Phi) is 44.5. The van der Waals surface area contributed by atoms with Crippen LogP contribution in [0.5, 0.6) is 0 Å². The Labute approximate surface area is 358 Å². The lowest BCUT2D eigenvalue weighted by atomic mass is 10.0. The van der Waals surface area contributed by atoms with E-state index in [0.717, 1.165) is 70.6 Å². The Balaban J connectivity index is 4.40. The highest BCUT2D eigenvalue weighted by Crippen LogP contribution is 2.15. The Morgan fingerprint density at radius 3 is 0.983 bits per heavy atom. The van der Waals surface area contributed by atoms with E-state index in [1.165, 1.54) is 122 Å². The van der Waals surface area contributed by atoms with Gasteiger partial charge in [-0.15, -0.1) is 0 Å². The predicted molar refractivity (Wildman–Crippen MR) is 247 cm³/mol. The molecule has 0 fully saturated rings. The molecule has 0 rings (SSSR count). The first kappa shape index (κ1) is 55.1. The number of carbonyl (C=O) groups excluding carboxylic acids is 3. The third kappa shape index (κ3) is 44.2. The van der Waals surface area contributed by atoms with Crippen molar-refractivity contribution in [3.8, 4) is 0 Å². The number of hydrogen-bond donors (Lipinski definition) is 0. The van der Waals surface area contributed by atoms with E-state index < -0.39 is 12.1 Å². The topological polar surface area (TPSA) is 78.9 Å². The summed E-state index contributed by atoms with van der Waals surface area (Å²) >= 11 is 0. The molecule has 0 amide bonds. The zero-order chi connectivity index (χ0) is 42.3. The van der Waals surface area contributed by atoms with Crippen LogP contribution < -0.4 is 0 Å². The first-order chi connectivity index (χ1) is 28.5. The fraction of sp³-hybridized carbons (Fsp3) is 0.750. The van der Waals surface area contributed by atoms with Gasteiger partial charge < -0.3 is 14.2 Å². The maximum atomic E-state index is 12.7. The lowest BCUT2D eigenvalue weighted by Gasteiger charge is -2.18. The van der Waals surface area contributed by atoms with Crippen LogP contribution in [0, 0.1) is 0 Å². The highest BCUT2D eigenvalue weighted by atomic mass is 16.6. The van der Waals surface area contributed by atoms with E-state index in [0.29, 0.717) is 12.8 Å². The minimum absolute atomic E-state index is 0.101. The Hall–Kier alpha value is -2.89. The second-order valence-corrected chi connectivity index (χ2v) is 16.0. The zero-order valence-corrected chi connectivity index (χ0v) is 38.0. The molecule has 0 heterocycles. The number of allylic oxidation sites excluding steroid dienone is 9. The van der Waals surface area contributed by atoms with Crippen LogP contribution in [-0.4, -0.2) is 37.2 Å². The number of hydrogen-bond acceptors (Lipinski definition) is 6. The van der Waals surface area contributed by atoms with Crippen molar-refractivity contribution in [3.05, 3.63) is 60.8 Å². The van der Waals surface area contributed by atoms with Gasteiger partial charge in [0.2, 0.25) is 0 Å². The van der Waals surface area contributed by atoms with Crippen molar-refractivity contribution >= 4 is 17.9 Å². The van der Waals surface area contributed by atoms with Crippen molar-refractivity contribution in [2.75, 3.05) is 13.2 Å². The van der Waals surface area contributed by atoms with Gasteiger partial charge in [-0.25, -0.2) is 0 Å². The minimum atomic E-state index is -0.822. The molecular formula is C52H90O6. The van der Waals surface area contributed by atoms with Crippen LogP contribution in [0.15, 0.2) is 60.8 Å². The van der Waals surface area contributed by atoms with Gasteiger partial charge in [-0.3, -0.25) is 14.4 Å². The van der Waals surface area contributed by atoms with Crippen molar-refractivity contribution in [2.24, 2.45) is 0 Å². The number of rotatable bonds is 43. The predicted octanol–water partition coefficient (Wildman–Crippen LogP) is 15.7. The van der Waals surface area contributed by atoms with E-state index >= 15 is 0 Å². The van der Waals surface area contributed by atoms with Crippen LogP contribution in [0.4, 0.5) is 0 Å². The fourth-order valence-corrected chi connectivity index (χ4v) is 6.69. The molecule has 6 heteroatoms. The molecule has 6 nitrogen and oxygen atoms in total. The summed E-state index contributed by atoms with van der Waals surface area (Å²) in [5.41, 5.74) is 0. The average molecular weight is 811 g/mol. The summed E-state index contributed by atoms with van der Waals surface area (Å²) in [5, 5.41) is 0. The molecule has 0 spiro atoms. The highest BCUT2D eigenvalue weighted by molar-refractivity contribution is 5.72. The molecule has 0 aromatic carbocycles. The van der Waals surface area contributed by atoms with Crippen molar-refractivity contribution in [1.82, 2.24) is 0 Å². The summed E-state index contributed by atoms with van der Waals surface area (Å²) in [6.45, 7) is 6.41. The maximum Gasteiger partial charge on any atom is 0.310 e. The molecule has 0 aliphatic rings. The normalized spacial score (nSPS) is 12.5. The summed E-state index contributed by atoms with van der Waals surface area (Å²) in [6, 6.07) is 0. The molecule has 0 aromatic rings.